The van der Waals surface area contributed by atoms with Gasteiger partial charge in [0.15, 0.2) is 0 Å². The molecule has 2 heteroatoms. The van der Waals surface area contributed by atoms with E-state index in [0.717, 1.165) is 19.4 Å². The standard InChI is InChI=1S/C14H27NO/c1-13(2)7-5-6-12(10-13)15-11-14(16)8-3-4-9-14/h12,15-16H,3-11H2,1-2H3. The first kappa shape index (κ1) is 12.4. The highest BCUT2D eigenvalue weighted by Crippen LogP contribution is 2.35. The first-order chi connectivity index (χ1) is 7.49. The predicted molar refractivity (Wildman–Crippen MR) is 67.5 cm³/mol. The summed E-state index contributed by atoms with van der Waals surface area (Å²) in [7, 11) is 0. The summed E-state index contributed by atoms with van der Waals surface area (Å²) in [6, 6.07) is 0.633. The van der Waals surface area contributed by atoms with Crippen molar-refractivity contribution < 1.29 is 5.11 Å². The van der Waals surface area contributed by atoms with E-state index < -0.39 is 0 Å². The quantitative estimate of drug-likeness (QED) is 0.774. The molecule has 0 aromatic heterocycles. The average Bonchev–Trinajstić information content (AvgIpc) is 2.62. The fourth-order valence-corrected chi connectivity index (χ4v) is 3.42. The molecular weight excluding hydrogens is 198 g/mol. The van der Waals surface area contributed by atoms with Crippen LogP contribution in [0.2, 0.25) is 0 Å². The Kier molecular flexibility index (Phi) is 3.60. The molecule has 0 aromatic rings. The minimum absolute atomic E-state index is 0.387. The maximum atomic E-state index is 10.3. The first-order valence-electron chi connectivity index (χ1n) is 6.95. The molecule has 16 heavy (non-hydrogen) atoms. The monoisotopic (exact) mass is 225 g/mol. The molecule has 0 aromatic carbocycles. The van der Waals surface area contributed by atoms with Crippen LogP contribution in [0.4, 0.5) is 0 Å². The highest BCUT2D eigenvalue weighted by atomic mass is 16.3. The van der Waals surface area contributed by atoms with Crippen LogP contribution >= 0.6 is 0 Å². The zero-order chi connectivity index (χ0) is 11.6. The molecule has 2 fully saturated rings. The molecule has 0 bridgehead atoms. The zero-order valence-corrected chi connectivity index (χ0v) is 10.9. The number of rotatable bonds is 3. The lowest BCUT2D eigenvalue weighted by Gasteiger charge is -2.37. The minimum atomic E-state index is -0.387. The number of hydrogen-bond donors (Lipinski definition) is 2. The van der Waals surface area contributed by atoms with E-state index in [2.05, 4.69) is 19.2 Å². The summed E-state index contributed by atoms with van der Waals surface area (Å²) in [5.74, 6) is 0. The molecule has 0 heterocycles. The normalized spacial score (nSPS) is 32.8. The predicted octanol–water partition coefficient (Wildman–Crippen LogP) is 2.85. The molecule has 2 rings (SSSR count). The molecule has 2 saturated carbocycles. The summed E-state index contributed by atoms with van der Waals surface area (Å²) in [5.41, 5.74) is 0.107. The van der Waals surface area contributed by atoms with E-state index in [0.29, 0.717) is 11.5 Å². The van der Waals surface area contributed by atoms with Crippen molar-refractivity contribution in [3.63, 3.8) is 0 Å². The van der Waals surface area contributed by atoms with E-state index in [1.807, 2.05) is 0 Å². The van der Waals surface area contributed by atoms with Crippen molar-refractivity contribution in [3.8, 4) is 0 Å². The second-order valence-electron chi connectivity index (χ2n) is 6.77. The van der Waals surface area contributed by atoms with Crippen molar-refractivity contribution in [2.24, 2.45) is 5.41 Å². The van der Waals surface area contributed by atoms with Gasteiger partial charge in [-0.3, -0.25) is 0 Å². The lowest BCUT2D eigenvalue weighted by atomic mass is 9.75. The summed E-state index contributed by atoms with van der Waals surface area (Å²) in [6.07, 6.45) is 9.65. The van der Waals surface area contributed by atoms with Crippen molar-refractivity contribution in [2.75, 3.05) is 6.54 Å². The van der Waals surface area contributed by atoms with Crippen LogP contribution in [0, 0.1) is 5.41 Å². The third kappa shape index (κ3) is 3.21. The fraction of sp³-hybridized carbons (Fsp3) is 1.00. The molecule has 1 unspecified atom stereocenters. The van der Waals surface area contributed by atoms with Crippen LogP contribution in [0.5, 0.6) is 0 Å². The Labute approximate surface area is 99.8 Å². The van der Waals surface area contributed by atoms with Gasteiger partial charge in [-0.15, -0.1) is 0 Å². The van der Waals surface area contributed by atoms with Gasteiger partial charge in [0.25, 0.3) is 0 Å². The lowest BCUT2D eigenvalue weighted by molar-refractivity contribution is 0.0403. The van der Waals surface area contributed by atoms with Crippen molar-refractivity contribution in [2.45, 2.75) is 76.9 Å². The maximum Gasteiger partial charge on any atom is 0.0771 e. The Morgan fingerprint density at radius 3 is 2.44 bits per heavy atom. The van der Waals surface area contributed by atoms with Crippen LogP contribution in [0.15, 0.2) is 0 Å². The van der Waals surface area contributed by atoms with Gasteiger partial charge in [0.2, 0.25) is 0 Å². The van der Waals surface area contributed by atoms with Crippen LogP contribution in [0.1, 0.15) is 65.2 Å². The number of hydrogen-bond acceptors (Lipinski definition) is 2. The Hall–Kier alpha value is -0.0800. The second kappa shape index (κ2) is 4.66. The molecule has 0 spiro atoms. The van der Waals surface area contributed by atoms with E-state index in [1.54, 1.807) is 0 Å². The average molecular weight is 225 g/mol. The van der Waals surface area contributed by atoms with Gasteiger partial charge in [0.05, 0.1) is 5.60 Å². The van der Waals surface area contributed by atoms with Crippen molar-refractivity contribution >= 4 is 0 Å². The van der Waals surface area contributed by atoms with Crippen LogP contribution < -0.4 is 5.32 Å². The Bertz CT molecular complexity index is 231. The van der Waals surface area contributed by atoms with E-state index >= 15 is 0 Å². The van der Waals surface area contributed by atoms with Gasteiger partial charge in [-0.1, -0.05) is 33.1 Å². The van der Waals surface area contributed by atoms with Crippen molar-refractivity contribution in [1.29, 1.82) is 0 Å². The van der Waals surface area contributed by atoms with Gasteiger partial charge >= 0.3 is 0 Å². The van der Waals surface area contributed by atoms with E-state index in [4.69, 9.17) is 0 Å². The highest BCUT2D eigenvalue weighted by Gasteiger charge is 2.33. The van der Waals surface area contributed by atoms with E-state index in [-0.39, 0.29) is 5.60 Å². The van der Waals surface area contributed by atoms with E-state index in [1.165, 1.54) is 38.5 Å². The summed E-state index contributed by atoms with van der Waals surface area (Å²) >= 11 is 0. The van der Waals surface area contributed by atoms with Gasteiger partial charge in [0, 0.05) is 12.6 Å². The molecule has 0 amide bonds. The lowest BCUT2D eigenvalue weighted by Crippen LogP contribution is -2.45. The van der Waals surface area contributed by atoms with Crippen molar-refractivity contribution in [1.82, 2.24) is 5.32 Å². The number of nitrogens with one attached hydrogen (secondary N) is 1. The Morgan fingerprint density at radius 1 is 1.12 bits per heavy atom. The molecule has 2 nitrogen and oxygen atoms in total. The first-order valence-corrected chi connectivity index (χ1v) is 6.95. The largest absolute Gasteiger partial charge is 0.389 e. The van der Waals surface area contributed by atoms with Crippen LogP contribution in [-0.4, -0.2) is 23.3 Å². The number of aliphatic hydroxyl groups is 1. The summed E-state index contributed by atoms with van der Waals surface area (Å²) in [6.45, 7) is 5.55. The fourth-order valence-electron chi connectivity index (χ4n) is 3.42. The smallest absolute Gasteiger partial charge is 0.0771 e. The van der Waals surface area contributed by atoms with Gasteiger partial charge < -0.3 is 10.4 Å². The molecule has 2 aliphatic rings. The second-order valence-corrected chi connectivity index (χ2v) is 6.77. The Balaban J connectivity index is 1.77. The van der Waals surface area contributed by atoms with Crippen LogP contribution in [-0.2, 0) is 0 Å². The minimum Gasteiger partial charge on any atom is -0.389 e. The van der Waals surface area contributed by atoms with Gasteiger partial charge in [0.1, 0.15) is 0 Å². The molecule has 2 aliphatic carbocycles. The molecule has 0 aliphatic heterocycles. The third-order valence-corrected chi connectivity index (χ3v) is 4.46. The Morgan fingerprint density at radius 2 is 1.81 bits per heavy atom. The maximum absolute atomic E-state index is 10.3. The molecule has 2 N–H and O–H groups in total. The SMILES string of the molecule is CC1(C)CCCC(NCC2(O)CCCC2)C1. The summed E-state index contributed by atoms with van der Waals surface area (Å²) in [4.78, 5) is 0. The third-order valence-electron chi connectivity index (χ3n) is 4.46. The van der Waals surface area contributed by atoms with Crippen LogP contribution in [0.3, 0.4) is 0 Å². The molecule has 1 atom stereocenters. The summed E-state index contributed by atoms with van der Waals surface area (Å²) < 4.78 is 0. The summed E-state index contributed by atoms with van der Waals surface area (Å²) in [5, 5.41) is 13.9. The van der Waals surface area contributed by atoms with E-state index in [9.17, 15) is 5.11 Å². The van der Waals surface area contributed by atoms with Gasteiger partial charge in [-0.25, -0.2) is 0 Å². The van der Waals surface area contributed by atoms with Crippen molar-refractivity contribution in [3.05, 3.63) is 0 Å². The molecule has 0 saturated heterocycles. The highest BCUT2D eigenvalue weighted by molar-refractivity contribution is 4.90. The zero-order valence-electron chi connectivity index (χ0n) is 10.9. The molecular formula is C14H27NO. The van der Waals surface area contributed by atoms with Gasteiger partial charge in [-0.05, 0) is 37.5 Å². The topological polar surface area (TPSA) is 32.3 Å². The molecule has 0 radical (unpaired) electrons. The van der Waals surface area contributed by atoms with Gasteiger partial charge in [-0.2, -0.15) is 0 Å². The van der Waals surface area contributed by atoms with Crippen LogP contribution in [0.25, 0.3) is 0 Å². The molecule has 94 valence electrons.